The van der Waals surface area contributed by atoms with Crippen LogP contribution < -0.4 is 4.90 Å². The standard InChI is InChI=1S/C13H14FNO4/c14-9-2-1-3-11(8-9)15-10(4-5-12(16)17)6-7-19-13(15)18/h1-3,8,10H,4-7H2,(H,16,17). The van der Waals surface area contributed by atoms with Gasteiger partial charge in [-0.1, -0.05) is 6.07 Å². The zero-order valence-electron chi connectivity index (χ0n) is 10.2. The third kappa shape index (κ3) is 3.21. The average Bonchev–Trinajstić information content (AvgIpc) is 2.36. The van der Waals surface area contributed by atoms with Crippen LogP contribution in [0, 0.1) is 5.82 Å². The van der Waals surface area contributed by atoms with Gasteiger partial charge >= 0.3 is 12.1 Å². The molecule has 1 aromatic rings. The van der Waals surface area contributed by atoms with E-state index in [1.807, 2.05) is 0 Å². The number of cyclic esters (lactones) is 1. The highest BCUT2D eigenvalue weighted by molar-refractivity contribution is 5.89. The monoisotopic (exact) mass is 267 g/mol. The average molecular weight is 267 g/mol. The second-order valence-corrected chi connectivity index (χ2v) is 4.34. The van der Waals surface area contributed by atoms with E-state index in [0.717, 1.165) is 0 Å². The lowest BCUT2D eigenvalue weighted by molar-refractivity contribution is -0.137. The van der Waals surface area contributed by atoms with Gasteiger partial charge < -0.3 is 9.84 Å². The number of carboxylic acid groups (broad SMARTS) is 1. The minimum absolute atomic E-state index is 0.0379. The first kappa shape index (κ1) is 13.3. The van der Waals surface area contributed by atoms with Crippen molar-refractivity contribution in [3.63, 3.8) is 0 Å². The lowest BCUT2D eigenvalue weighted by atomic mass is 10.0. The van der Waals surface area contributed by atoms with Crippen molar-refractivity contribution in [2.75, 3.05) is 11.5 Å². The van der Waals surface area contributed by atoms with E-state index in [4.69, 9.17) is 9.84 Å². The summed E-state index contributed by atoms with van der Waals surface area (Å²) in [6.07, 6.45) is 0.257. The van der Waals surface area contributed by atoms with Crippen LogP contribution in [0.3, 0.4) is 0 Å². The van der Waals surface area contributed by atoms with Crippen molar-refractivity contribution in [3.05, 3.63) is 30.1 Å². The number of nitrogens with zero attached hydrogens (tertiary/aromatic N) is 1. The van der Waals surface area contributed by atoms with Crippen LogP contribution in [0.15, 0.2) is 24.3 Å². The van der Waals surface area contributed by atoms with E-state index >= 15 is 0 Å². The largest absolute Gasteiger partial charge is 0.481 e. The molecule has 2 rings (SSSR count). The minimum atomic E-state index is -0.918. The predicted molar refractivity (Wildman–Crippen MR) is 65.5 cm³/mol. The molecule has 1 unspecified atom stereocenters. The molecule has 1 aromatic carbocycles. The number of carbonyl (C=O) groups is 2. The molecule has 0 saturated carbocycles. The Labute approximate surface area is 109 Å². The number of amides is 1. The summed E-state index contributed by atoms with van der Waals surface area (Å²) in [5, 5.41) is 8.72. The van der Waals surface area contributed by atoms with Crippen LogP contribution >= 0.6 is 0 Å². The topological polar surface area (TPSA) is 66.8 Å². The van der Waals surface area contributed by atoms with Gasteiger partial charge in [-0.2, -0.15) is 0 Å². The van der Waals surface area contributed by atoms with Crippen molar-refractivity contribution in [1.82, 2.24) is 0 Å². The smallest absolute Gasteiger partial charge is 0.414 e. The van der Waals surface area contributed by atoms with Crippen LogP contribution in [0.25, 0.3) is 0 Å². The van der Waals surface area contributed by atoms with Gasteiger partial charge in [-0.25, -0.2) is 9.18 Å². The molecule has 1 saturated heterocycles. The molecule has 19 heavy (non-hydrogen) atoms. The minimum Gasteiger partial charge on any atom is -0.481 e. The van der Waals surface area contributed by atoms with Crippen molar-refractivity contribution in [1.29, 1.82) is 0 Å². The fourth-order valence-electron chi connectivity index (χ4n) is 2.14. The van der Waals surface area contributed by atoms with Gasteiger partial charge in [0.05, 0.1) is 12.3 Å². The summed E-state index contributed by atoms with van der Waals surface area (Å²) in [5.41, 5.74) is 0.389. The third-order valence-electron chi connectivity index (χ3n) is 3.02. The van der Waals surface area contributed by atoms with Gasteiger partial charge in [-0.3, -0.25) is 9.69 Å². The molecule has 1 N–H and O–H groups in total. The summed E-state index contributed by atoms with van der Waals surface area (Å²) in [5.74, 6) is -1.37. The van der Waals surface area contributed by atoms with Crippen LogP contribution in [0.4, 0.5) is 14.9 Å². The molecule has 102 valence electrons. The molecule has 1 aliphatic rings. The lowest BCUT2D eigenvalue weighted by Crippen LogP contribution is -2.46. The Kier molecular flexibility index (Phi) is 3.99. The fourth-order valence-corrected chi connectivity index (χ4v) is 2.14. The Bertz CT molecular complexity index is 491. The summed E-state index contributed by atoms with van der Waals surface area (Å²) >= 11 is 0. The Morgan fingerprint density at radius 2 is 2.32 bits per heavy atom. The molecular formula is C13H14FNO4. The zero-order valence-corrected chi connectivity index (χ0v) is 10.2. The highest BCUT2D eigenvalue weighted by Crippen LogP contribution is 2.26. The normalized spacial score (nSPS) is 19.1. The number of aliphatic carboxylic acids is 1. The molecule has 0 aliphatic carbocycles. The zero-order chi connectivity index (χ0) is 13.8. The fraction of sp³-hybridized carbons (Fsp3) is 0.385. The molecule has 0 radical (unpaired) electrons. The Balaban J connectivity index is 2.20. The molecule has 0 aromatic heterocycles. The number of carbonyl (C=O) groups excluding carboxylic acids is 1. The van der Waals surface area contributed by atoms with Crippen molar-refractivity contribution in [3.8, 4) is 0 Å². The van der Waals surface area contributed by atoms with Gasteiger partial charge in [0.15, 0.2) is 0 Å². The highest BCUT2D eigenvalue weighted by Gasteiger charge is 2.31. The first-order valence-electron chi connectivity index (χ1n) is 6.01. The Hall–Kier alpha value is -2.11. The summed E-state index contributed by atoms with van der Waals surface area (Å²) in [6, 6.07) is 5.34. The quantitative estimate of drug-likeness (QED) is 0.909. The Morgan fingerprint density at radius 1 is 1.53 bits per heavy atom. The second-order valence-electron chi connectivity index (χ2n) is 4.34. The third-order valence-corrected chi connectivity index (χ3v) is 3.02. The highest BCUT2D eigenvalue weighted by atomic mass is 19.1. The first-order chi connectivity index (χ1) is 9.08. The van der Waals surface area contributed by atoms with E-state index < -0.39 is 17.9 Å². The molecule has 1 fully saturated rings. The predicted octanol–water partition coefficient (Wildman–Crippen LogP) is 2.41. The number of carboxylic acids is 1. The maximum absolute atomic E-state index is 13.2. The van der Waals surface area contributed by atoms with Gasteiger partial charge in [0.1, 0.15) is 5.82 Å². The molecule has 1 aliphatic heterocycles. The molecule has 6 heteroatoms. The number of halogens is 1. The van der Waals surface area contributed by atoms with Crippen LogP contribution in [0.2, 0.25) is 0 Å². The summed E-state index contributed by atoms with van der Waals surface area (Å²) < 4.78 is 18.2. The lowest BCUT2D eigenvalue weighted by Gasteiger charge is -2.34. The molecule has 5 nitrogen and oxygen atoms in total. The van der Waals surface area contributed by atoms with E-state index in [-0.39, 0.29) is 19.1 Å². The number of rotatable bonds is 4. The van der Waals surface area contributed by atoms with Crippen LogP contribution in [-0.4, -0.2) is 29.8 Å². The van der Waals surface area contributed by atoms with Gasteiger partial charge in [0, 0.05) is 18.9 Å². The van der Waals surface area contributed by atoms with E-state index in [0.29, 0.717) is 18.5 Å². The summed E-state index contributed by atoms with van der Waals surface area (Å²) in [4.78, 5) is 23.7. The Morgan fingerprint density at radius 3 is 3.00 bits per heavy atom. The maximum Gasteiger partial charge on any atom is 0.414 e. The number of hydrogen-bond donors (Lipinski definition) is 1. The number of hydrogen-bond acceptors (Lipinski definition) is 3. The maximum atomic E-state index is 13.2. The van der Waals surface area contributed by atoms with Crippen LogP contribution in [-0.2, 0) is 9.53 Å². The molecule has 0 spiro atoms. The molecule has 0 bridgehead atoms. The summed E-state index contributed by atoms with van der Waals surface area (Å²) in [6.45, 7) is 0.259. The molecule has 1 heterocycles. The van der Waals surface area contributed by atoms with Gasteiger partial charge in [-0.15, -0.1) is 0 Å². The van der Waals surface area contributed by atoms with E-state index in [1.165, 1.54) is 23.1 Å². The number of ether oxygens (including phenoxy) is 1. The molecular weight excluding hydrogens is 253 g/mol. The summed E-state index contributed by atoms with van der Waals surface area (Å²) in [7, 11) is 0. The van der Waals surface area contributed by atoms with Crippen molar-refractivity contribution < 1.29 is 23.8 Å². The van der Waals surface area contributed by atoms with Crippen molar-refractivity contribution >= 4 is 17.7 Å². The second kappa shape index (κ2) is 5.69. The van der Waals surface area contributed by atoms with E-state index in [1.54, 1.807) is 6.07 Å². The SMILES string of the molecule is O=C(O)CCC1CCOC(=O)N1c1cccc(F)c1. The van der Waals surface area contributed by atoms with Crippen LogP contribution in [0.5, 0.6) is 0 Å². The van der Waals surface area contributed by atoms with Crippen molar-refractivity contribution in [2.24, 2.45) is 0 Å². The number of anilines is 1. The molecule has 1 atom stereocenters. The molecule has 1 amide bonds. The van der Waals surface area contributed by atoms with E-state index in [2.05, 4.69) is 0 Å². The van der Waals surface area contributed by atoms with Gasteiger partial charge in [-0.05, 0) is 24.6 Å². The van der Waals surface area contributed by atoms with Crippen LogP contribution in [0.1, 0.15) is 19.3 Å². The first-order valence-corrected chi connectivity index (χ1v) is 6.01. The van der Waals surface area contributed by atoms with E-state index in [9.17, 15) is 14.0 Å². The van der Waals surface area contributed by atoms with Crippen molar-refractivity contribution in [2.45, 2.75) is 25.3 Å². The number of benzene rings is 1. The van der Waals surface area contributed by atoms with Gasteiger partial charge in [0.2, 0.25) is 0 Å². The van der Waals surface area contributed by atoms with Gasteiger partial charge in [0.25, 0.3) is 0 Å².